The lowest BCUT2D eigenvalue weighted by molar-refractivity contribution is 0.144. The van der Waals surface area contributed by atoms with E-state index in [9.17, 15) is 0 Å². The molecule has 158 valence electrons. The van der Waals surface area contributed by atoms with E-state index in [0.717, 1.165) is 44.8 Å². The average molecular weight is 407 g/mol. The Kier molecular flexibility index (Phi) is 16.6. The number of unbranched alkanes of at least 4 members (excludes halogenated alkanes) is 4. The lowest BCUT2D eigenvalue weighted by atomic mass is 10.1. The van der Waals surface area contributed by atoms with Crippen LogP contribution in [0, 0.1) is 0 Å². The average Bonchev–Trinajstić information content (AvgIpc) is 2.58. The zero-order valence-electron chi connectivity index (χ0n) is 18.4. The van der Waals surface area contributed by atoms with E-state index in [1.54, 1.807) is 0 Å². The molecule has 0 aliphatic carbocycles. The molecule has 0 aliphatic rings. The third-order valence-electron chi connectivity index (χ3n) is 4.85. The van der Waals surface area contributed by atoms with Gasteiger partial charge in [0.05, 0.1) is 0 Å². The second kappa shape index (κ2) is 16.4. The van der Waals surface area contributed by atoms with Crippen molar-refractivity contribution in [2.45, 2.75) is 76.1 Å². The number of rotatable bonds is 18. The summed E-state index contributed by atoms with van der Waals surface area (Å²) in [5, 5.41) is 0.477. The van der Waals surface area contributed by atoms with Gasteiger partial charge in [-0.15, -0.1) is 0 Å². The fourth-order valence-corrected chi connectivity index (χ4v) is 6.31. The molecule has 0 fully saturated rings. The van der Waals surface area contributed by atoms with Crippen molar-refractivity contribution in [3.05, 3.63) is 0 Å². The summed E-state index contributed by atoms with van der Waals surface area (Å²) in [5.74, 6) is 0. The molecular weight excluding hydrogens is 360 g/mol. The maximum atomic E-state index is 6.40. The molecule has 0 saturated heterocycles. The molecule has 0 spiro atoms. The Morgan fingerprint density at radius 1 is 0.808 bits per heavy atom. The monoisotopic (exact) mass is 406 g/mol. The first-order valence-corrected chi connectivity index (χ1v) is 13.4. The lowest BCUT2D eigenvalue weighted by Crippen LogP contribution is -2.44. The maximum absolute atomic E-state index is 6.40. The van der Waals surface area contributed by atoms with Gasteiger partial charge in [0.2, 0.25) is 0 Å². The summed E-state index contributed by atoms with van der Waals surface area (Å²) in [7, 11) is 6.24. The molecule has 0 aromatic carbocycles. The molecule has 1 atom stereocenters. The smallest absolute Gasteiger partial charge is 0.337 e. The van der Waals surface area contributed by atoms with Crippen LogP contribution in [0.4, 0.5) is 0 Å². The number of likely N-dealkylation sites (N-methyl/N-ethyl adjacent to an activating group) is 2. The van der Waals surface area contributed by atoms with Gasteiger partial charge in [0.25, 0.3) is 0 Å². The van der Waals surface area contributed by atoms with Gasteiger partial charge in [-0.1, -0.05) is 46.0 Å². The number of nitrogens with zero attached hydrogens (tertiary/aromatic N) is 2. The second-order valence-electron chi connectivity index (χ2n) is 7.96. The highest BCUT2D eigenvalue weighted by Crippen LogP contribution is 2.25. The van der Waals surface area contributed by atoms with Crippen LogP contribution in [0.15, 0.2) is 0 Å². The number of hydrogen-bond donors (Lipinski definition) is 1. The predicted molar refractivity (Wildman–Crippen MR) is 121 cm³/mol. The van der Waals surface area contributed by atoms with Crippen molar-refractivity contribution >= 4 is 21.2 Å². The lowest BCUT2D eigenvalue weighted by Gasteiger charge is -2.32. The van der Waals surface area contributed by atoms with Crippen molar-refractivity contribution in [1.29, 1.82) is 0 Å². The van der Waals surface area contributed by atoms with E-state index in [1.165, 1.54) is 38.5 Å². The summed E-state index contributed by atoms with van der Waals surface area (Å²) >= 11 is 4.85. The molecule has 0 radical (unpaired) electrons. The minimum atomic E-state index is -2.13. The molecule has 0 N–H and O–H groups in total. The summed E-state index contributed by atoms with van der Waals surface area (Å²) in [4.78, 5) is 4.35. The third-order valence-corrected chi connectivity index (χ3v) is 8.95. The Labute approximate surface area is 170 Å². The van der Waals surface area contributed by atoms with Gasteiger partial charge in [0.15, 0.2) is 0 Å². The van der Waals surface area contributed by atoms with Crippen LogP contribution in [0.25, 0.3) is 0 Å². The van der Waals surface area contributed by atoms with E-state index in [4.69, 9.17) is 21.5 Å². The summed E-state index contributed by atoms with van der Waals surface area (Å²) in [6, 6.07) is 2.08. The Hall–Kier alpha value is 0.407. The molecule has 0 aromatic rings. The van der Waals surface area contributed by atoms with Crippen LogP contribution in [0.3, 0.4) is 0 Å². The van der Waals surface area contributed by atoms with Crippen LogP contribution in [0.5, 0.6) is 0 Å². The minimum Gasteiger partial charge on any atom is -0.393 e. The fraction of sp³-hybridized carbons (Fsp3) is 1.00. The van der Waals surface area contributed by atoms with Crippen LogP contribution in [0.2, 0.25) is 12.1 Å². The summed E-state index contributed by atoms with van der Waals surface area (Å²) in [5.41, 5.74) is 0. The molecule has 0 saturated carbocycles. The highest BCUT2D eigenvalue weighted by molar-refractivity contribution is 7.80. The standard InChI is InChI=1S/C20H46N2O2SSi/c1-7-9-10-11-12-13-20(25)14-19-26(8-2,23-17-15-21(3)4)24-18-16-22(5)6/h20,25H,7-19H2,1-6H3. The molecule has 1 unspecified atom stereocenters. The number of thiol groups is 1. The molecule has 0 aliphatic heterocycles. The van der Waals surface area contributed by atoms with Gasteiger partial charge < -0.3 is 18.7 Å². The van der Waals surface area contributed by atoms with Crippen LogP contribution >= 0.6 is 12.6 Å². The van der Waals surface area contributed by atoms with E-state index >= 15 is 0 Å². The molecule has 0 aromatic heterocycles. The van der Waals surface area contributed by atoms with Gasteiger partial charge in [0, 0.05) is 31.6 Å². The Bertz CT molecular complexity index is 306. The SMILES string of the molecule is CCCCCCCC(S)CC[Si](CC)(OCCN(C)C)OCCN(C)C. The minimum absolute atomic E-state index is 0.477. The van der Waals surface area contributed by atoms with Crippen molar-refractivity contribution in [2.24, 2.45) is 0 Å². The normalized spacial score (nSPS) is 13.7. The molecule has 6 heteroatoms. The van der Waals surface area contributed by atoms with Gasteiger partial charge in [-0.25, -0.2) is 0 Å². The molecule has 0 bridgehead atoms. The van der Waals surface area contributed by atoms with Crippen LogP contribution in [0.1, 0.15) is 58.8 Å². The first kappa shape index (κ1) is 26.4. The predicted octanol–water partition coefficient (Wildman–Crippen LogP) is 4.65. The zero-order valence-corrected chi connectivity index (χ0v) is 20.3. The third kappa shape index (κ3) is 14.5. The van der Waals surface area contributed by atoms with Crippen LogP contribution in [-0.4, -0.2) is 78.1 Å². The van der Waals surface area contributed by atoms with Crippen LogP contribution < -0.4 is 0 Å². The summed E-state index contributed by atoms with van der Waals surface area (Å²) < 4.78 is 12.8. The zero-order chi connectivity index (χ0) is 19.8. The van der Waals surface area contributed by atoms with Crippen LogP contribution in [-0.2, 0) is 8.85 Å². The number of hydrogen-bond acceptors (Lipinski definition) is 5. The maximum Gasteiger partial charge on any atom is 0.337 e. The fourth-order valence-electron chi connectivity index (χ4n) is 2.91. The van der Waals surface area contributed by atoms with Crippen molar-refractivity contribution in [3.8, 4) is 0 Å². The van der Waals surface area contributed by atoms with E-state index < -0.39 is 8.56 Å². The van der Waals surface area contributed by atoms with Crippen molar-refractivity contribution in [3.63, 3.8) is 0 Å². The first-order valence-electron chi connectivity index (χ1n) is 10.6. The Balaban J connectivity index is 4.41. The van der Waals surface area contributed by atoms with E-state index in [1.807, 2.05) is 0 Å². The molecule has 26 heavy (non-hydrogen) atoms. The summed E-state index contributed by atoms with van der Waals surface area (Å²) in [6.45, 7) is 7.94. The van der Waals surface area contributed by atoms with E-state index in [2.05, 4.69) is 51.8 Å². The molecule has 0 rings (SSSR count). The summed E-state index contributed by atoms with van der Waals surface area (Å²) in [6.07, 6.45) is 9.02. The topological polar surface area (TPSA) is 24.9 Å². The largest absolute Gasteiger partial charge is 0.393 e. The Morgan fingerprint density at radius 3 is 1.81 bits per heavy atom. The Morgan fingerprint density at radius 2 is 1.35 bits per heavy atom. The van der Waals surface area contributed by atoms with Gasteiger partial charge >= 0.3 is 8.56 Å². The van der Waals surface area contributed by atoms with Crippen molar-refractivity contribution < 1.29 is 8.85 Å². The molecule has 0 amide bonds. The van der Waals surface area contributed by atoms with Gasteiger partial charge in [-0.05, 0) is 53.1 Å². The van der Waals surface area contributed by atoms with E-state index in [-0.39, 0.29) is 0 Å². The van der Waals surface area contributed by atoms with Crippen molar-refractivity contribution in [2.75, 3.05) is 54.5 Å². The molecule has 4 nitrogen and oxygen atoms in total. The highest BCUT2D eigenvalue weighted by Gasteiger charge is 2.35. The highest BCUT2D eigenvalue weighted by atomic mass is 32.1. The van der Waals surface area contributed by atoms with Crippen molar-refractivity contribution in [1.82, 2.24) is 9.80 Å². The molecule has 0 heterocycles. The van der Waals surface area contributed by atoms with Gasteiger partial charge in [-0.3, -0.25) is 0 Å². The quantitative estimate of drug-likeness (QED) is 0.203. The van der Waals surface area contributed by atoms with Gasteiger partial charge in [-0.2, -0.15) is 12.6 Å². The van der Waals surface area contributed by atoms with E-state index in [0.29, 0.717) is 5.25 Å². The molecular formula is C20H46N2O2SSi. The van der Waals surface area contributed by atoms with Gasteiger partial charge in [0.1, 0.15) is 0 Å². The second-order valence-corrected chi connectivity index (χ2v) is 12.3. The first-order chi connectivity index (χ1) is 12.3.